The summed E-state index contributed by atoms with van der Waals surface area (Å²) in [5.74, 6) is -0.0782. The lowest BCUT2D eigenvalue weighted by Crippen LogP contribution is -2.18. The summed E-state index contributed by atoms with van der Waals surface area (Å²) in [5.41, 5.74) is 5.00. The fraction of sp³-hybridized carbons (Fsp3) is 0.400. The largest absolute Gasteiger partial charge is 0.369 e. The average Bonchev–Trinajstić information content (AvgIpc) is 2.28. The molecule has 17 heavy (non-hydrogen) atoms. The predicted octanol–water partition coefficient (Wildman–Crippen LogP) is 0.648. The molecule has 7 heteroatoms. The molecule has 3 N–H and O–H groups in total. The van der Waals surface area contributed by atoms with Crippen molar-refractivity contribution in [3.8, 4) is 0 Å². The van der Waals surface area contributed by atoms with Crippen LogP contribution in [0.15, 0.2) is 17.2 Å². The van der Waals surface area contributed by atoms with Crippen LogP contribution < -0.4 is 11.1 Å². The maximum absolute atomic E-state index is 11.4. The van der Waals surface area contributed by atoms with Gasteiger partial charge in [0.05, 0.1) is 5.75 Å². The molecular weight excluding hydrogens is 240 g/mol. The highest BCUT2D eigenvalue weighted by Gasteiger charge is 2.08. The molecule has 1 aromatic heterocycles. The minimum Gasteiger partial charge on any atom is -0.369 e. The molecule has 0 spiro atoms. The van der Waals surface area contributed by atoms with Gasteiger partial charge in [0.15, 0.2) is 5.82 Å². The third kappa shape index (κ3) is 4.81. The first-order valence-electron chi connectivity index (χ1n) is 5.04. The normalized spacial score (nSPS) is 10.3. The van der Waals surface area contributed by atoms with E-state index < -0.39 is 5.91 Å². The Morgan fingerprint density at radius 2 is 2.12 bits per heavy atom. The summed E-state index contributed by atoms with van der Waals surface area (Å²) in [4.78, 5) is 21.9. The molecule has 92 valence electrons. The van der Waals surface area contributed by atoms with Crippen LogP contribution in [0.25, 0.3) is 0 Å². The standard InChI is InChI=1S/C10H14N4O2S/c1-6(2)10(16)12-8-3-4-9(14-13-8)17-5-7(11)15/h3-4,6H,5H2,1-2H3,(H2,11,15)(H,12,13,16). The van der Waals surface area contributed by atoms with Gasteiger partial charge in [-0.05, 0) is 12.1 Å². The van der Waals surface area contributed by atoms with Crippen molar-refractivity contribution in [3.63, 3.8) is 0 Å². The fourth-order valence-corrected chi connectivity index (χ4v) is 1.43. The molecule has 0 saturated carbocycles. The highest BCUT2D eigenvalue weighted by molar-refractivity contribution is 7.99. The van der Waals surface area contributed by atoms with Gasteiger partial charge in [0.2, 0.25) is 11.8 Å². The Morgan fingerprint density at radius 3 is 2.59 bits per heavy atom. The van der Waals surface area contributed by atoms with Crippen molar-refractivity contribution < 1.29 is 9.59 Å². The minimum atomic E-state index is -0.408. The number of amides is 2. The maximum Gasteiger partial charge on any atom is 0.228 e. The number of rotatable bonds is 5. The summed E-state index contributed by atoms with van der Waals surface area (Å²) >= 11 is 1.20. The molecule has 6 nitrogen and oxygen atoms in total. The lowest BCUT2D eigenvalue weighted by atomic mass is 10.2. The van der Waals surface area contributed by atoms with Gasteiger partial charge in [0.25, 0.3) is 0 Å². The lowest BCUT2D eigenvalue weighted by Gasteiger charge is -2.06. The third-order valence-electron chi connectivity index (χ3n) is 1.78. The summed E-state index contributed by atoms with van der Waals surface area (Å²) in [6, 6.07) is 3.31. The molecule has 0 aliphatic rings. The van der Waals surface area contributed by atoms with Crippen LogP contribution in [0.4, 0.5) is 5.82 Å². The maximum atomic E-state index is 11.4. The number of nitrogens with zero attached hydrogens (tertiary/aromatic N) is 2. The molecule has 0 aliphatic carbocycles. The summed E-state index contributed by atoms with van der Waals surface area (Å²) < 4.78 is 0. The third-order valence-corrected chi connectivity index (χ3v) is 2.72. The molecule has 0 radical (unpaired) electrons. The predicted molar refractivity (Wildman–Crippen MR) is 65.4 cm³/mol. The van der Waals surface area contributed by atoms with Gasteiger partial charge in [-0.15, -0.1) is 10.2 Å². The van der Waals surface area contributed by atoms with Crippen LogP contribution >= 0.6 is 11.8 Å². The van der Waals surface area contributed by atoms with Crippen molar-refractivity contribution >= 4 is 29.4 Å². The molecule has 2 amide bonds. The number of carbonyl (C=O) groups is 2. The van der Waals surface area contributed by atoms with E-state index in [-0.39, 0.29) is 17.6 Å². The van der Waals surface area contributed by atoms with E-state index in [9.17, 15) is 9.59 Å². The first kappa shape index (κ1) is 13.4. The van der Waals surface area contributed by atoms with E-state index in [4.69, 9.17) is 5.73 Å². The highest BCUT2D eigenvalue weighted by atomic mass is 32.2. The van der Waals surface area contributed by atoms with Crippen molar-refractivity contribution in [1.29, 1.82) is 0 Å². The zero-order valence-corrected chi connectivity index (χ0v) is 10.5. The van der Waals surface area contributed by atoms with E-state index in [0.29, 0.717) is 10.8 Å². The Labute approximate surface area is 103 Å². The lowest BCUT2D eigenvalue weighted by molar-refractivity contribution is -0.119. The van der Waals surface area contributed by atoms with Gasteiger partial charge in [0.1, 0.15) is 5.03 Å². The molecule has 0 atom stereocenters. The summed E-state index contributed by atoms with van der Waals surface area (Å²) in [6.45, 7) is 3.58. The second-order valence-corrected chi connectivity index (χ2v) is 4.65. The fourth-order valence-electron chi connectivity index (χ4n) is 0.879. The van der Waals surface area contributed by atoms with Gasteiger partial charge in [-0.3, -0.25) is 9.59 Å². The topological polar surface area (TPSA) is 98.0 Å². The highest BCUT2D eigenvalue weighted by Crippen LogP contribution is 2.14. The molecule has 0 bridgehead atoms. The molecule has 0 unspecified atom stereocenters. The number of carbonyl (C=O) groups excluding carboxylic acids is 2. The number of nitrogens with one attached hydrogen (secondary N) is 1. The second kappa shape index (κ2) is 6.19. The average molecular weight is 254 g/mol. The first-order valence-corrected chi connectivity index (χ1v) is 6.03. The molecular formula is C10H14N4O2S. The number of anilines is 1. The second-order valence-electron chi connectivity index (χ2n) is 3.66. The van der Waals surface area contributed by atoms with Crippen molar-refractivity contribution in [3.05, 3.63) is 12.1 Å². The van der Waals surface area contributed by atoms with Gasteiger partial charge in [-0.25, -0.2) is 0 Å². The molecule has 1 rings (SSSR count). The zero-order chi connectivity index (χ0) is 12.8. The number of thioether (sulfide) groups is 1. The van der Waals surface area contributed by atoms with Gasteiger partial charge in [0, 0.05) is 5.92 Å². The minimum absolute atomic E-state index is 0.110. The Hall–Kier alpha value is -1.63. The molecule has 1 heterocycles. The van der Waals surface area contributed by atoms with E-state index in [1.165, 1.54) is 11.8 Å². The van der Waals surface area contributed by atoms with Gasteiger partial charge in [-0.2, -0.15) is 0 Å². The Kier molecular flexibility index (Phi) is 4.89. The molecule has 0 fully saturated rings. The Balaban J connectivity index is 2.56. The van der Waals surface area contributed by atoms with E-state index >= 15 is 0 Å². The number of hydrogen-bond acceptors (Lipinski definition) is 5. The van der Waals surface area contributed by atoms with Crippen LogP contribution in [0.3, 0.4) is 0 Å². The first-order chi connectivity index (χ1) is 7.99. The van der Waals surface area contributed by atoms with Crippen molar-refractivity contribution in [2.75, 3.05) is 11.1 Å². The van der Waals surface area contributed by atoms with E-state index in [1.807, 2.05) is 0 Å². The number of aromatic nitrogens is 2. The summed E-state index contributed by atoms with van der Waals surface area (Å²) in [5, 5.41) is 10.9. The van der Waals surface area contributed by atoms with E-state index in [2.05, 4.69) is 15.5 Å². The van der Waals surface area contributed by atoms with Crippen LogP contribution in [0.1, 0.15) is 13.8 Å². The zero-order valence-electron chi connectivity index (χ0n) is 9.64. The quantitative estimate of drug-likeness (QED) is 0.752. The molecule has 1 aromatic rings. The SMILES string of the molecule is CC(C)C(=O)Nc1ccc(SCC(N)=O)nn1. The molecule has 0 saturated heterocycles. The monoisotopic (exact) mass is 254 g/mol. The van der Waals surface area contributed by atoms with Crippen molar-refractivity contribution in [2.45, 2.75) is 18.9 Å². The van der Waals surface area contributed by atoms with E-state index in [1.54, 1.807) is 26.0 Å². The van der Waals surface area contributed by atoms with Crippen molar-refractivity contribution in [2.24, 2.45) is 11.7 Å². The van der Waals surface area contributed by atoms with Gasteiger partial charge in [-0.1, -0.05) is 25.6 Å². The summed E-state index contributed by atoms with van der Waals surface area (Å²) in [7, 11) is 0. The number of nitrogens with two attached hydrogens (primary N) is 1. The van der Waals surface area contributed by atoms with E-state index in [0.717, 1.165) is 0 Å². The van der Waals surface area contributed by atoms with Gasteiger partial charge < -0.3 is 11.1 Å². The molecule has 0 aliphatic heterocycles. The van der Waals surface area contributed by atoms with Crippen LogP contribution in [-0.4, -0.2) is 27.8 Å². The van der Waals surface area contributed by atoms with Crippen LogP contribution in [0, 0.1) is 5.92 Å². The van der Waals surface area contributed by atoms with Gasteiger partial charge >= 0.3 is 0 Å². The Morgan fingerprint density at radius 1 is 1.41 bits per heavy atom. The number of primary amides is 1. The van der Waals surface area contributed by atoms with Crippen LogP contribution in [0.2, 0.25) is 0 Å². The van der Waals surface area contributed by atoms with Crippen molar-refractivity contribution in [1.82, 2.24) is 10.2 Å². The summed E-state index contributed by atoms with van der Waals surface area (Å²) in [6.07, 6.45) is 0. The van der Waals surface area contributed by atoms with Crippen LogP contribution in [0.5, 0.6) is 0 Å². The van der Waals surface area contributed by atoms with Crippen LogP contribution in [-0.2, 0) is 9.59 Å². The number of hydrogen-bond donors (Lipinski definition) is 2. The smallest absolute Gasteiger partial charge is 0.228 e. The molecule has 0 aromatic carbocycles. The Bertz CT molecular complexity index is 405.